The first-order valence-electron chi connectivity index (χ1n) is 6.89. The first-order valence-corrected chi connectivity index (χ1v) is 8.57. The molecule has 0 saturated heterocycles. The zero-order chi connectivity index (χ0) is 17.3. The van der Waals surface area contributed by atoms with Gasteiger partial charge in [0.05, 0.1) is 12.8 Å². The van der Waals surface area contributed by atoms with Crippen molar-refractivity contribution in [2.75, 3.05) is 12.4 Å². The van der Waals surface area contributed by atoms with E-state index in [1.54, 1.807) is 16.7 Å². The average molecular weight is 411 g/mol. The Morgan fingerprint density at radius 1 is 1.33 bits per heavy atom. The molecule has 24 heavy (non-hydrogen) atoms. The fraction of sp³-hybridized carbons (Fsp3) is 0.125. The van der Waals surface area contributed by atoms with Crippen LogP contribution in [0.4, 0.5) is 10.1 Å². The normalized spacial score (nSPS) is 10.8. The van der Waals surface area contributed by atoms with Gasteiger partial charge in [0.25, 0.3) is 0 Å². The highest BCUT2D eigenvalue weighted by molar-refractivity contribution is 9.10. The number of nitrogens with zero attached hydrogens (tertiary/aromatic N) is 1. The first-order chi connectivity index (χ1) is 11.5. The van der Waals surface area contributed by atoms with E-state index in [0.717, 1.165) is 10.2 Å². The molecule has 1 aromatic carbocycles. The number of esters is 1. The Balaban J connectivity index is 1.87. The van der Waals surface area contributed by atoms with Crippen molar-refractivity contribution in [2.24, 2.45) is 0 Å². The molecule has 0 radical (unpaired) electrons. The number of hydrogen-bond acceptors (Lipinski definition) is 4. The molecule has 0 aliphatic rings. The molecule has 8 heteroatoms. The number of ether oxygens (including phenoxy) is 1. The van der Waals surface area contributed by atoms with Gasteiger partial charge >= 0.3 is 5.97 Å². The van der Waals surface area contributed by atoms with Crippen molar-refractivity contribution in [3.05, 3.63) is 51.7 Å². The quantitative estimate of drug-likeness (QED) is 0.660. The van der Waals surface area contributed by atoms with E-state index in [-0.39, 0.29) is 17.9 Å². The molecule has 5 nitrogen and oxygen atoms in total. The Hall–Kier alpha value is -2.19. The van der Waals surface area contributed by atoms with Gasteiger partial charge in [-0.1, -0.05) is 15.9 Å². The van der Waals surface area contributed by atoms with Crippen molar-refractivity contribution in [1.82, 2.24) is 4.57 Å². The van der Waals surface area contributed by atoms with Gasteiger partial charge in [0, 0.05) is 9.86 Å². The average Bonchev–Trinajstić information content (AvgIpc) is 3.12. The third kappa shape index (κ3) is 3.20. The van der Waals surface area contributed by atoms with Crippen LogP contribution in [-0.2, 0) is 16.1 Å². The summed E-state index contributed by atoms with van der Waals surface area (Å²) in [6.07, 6.45) is 0. The molecular weight excluding hydrogens is 399 g/mol. The van der Waals surface area contributed by atoms with Gasteiger partial charge < -0.3 is 14.6 Å². The van der Waals surface area contributed by atoms with Crippen molar-refractivity contribution in [1.29, 1.82) is 0 Å². The summed E-state index contributed by atoms with van der Waals surface area (Å²) in [5.41, 5.74) is 0.364. The smallest absolute Gasteiger partial charge is 0.354 e. The zero-order valence-electron chi connectivity index (χ0n) is 12.5. The maximum absolute atomic E-state index is 13.8. The lowest BCUT2D eigenvalue weighted by molar-refractivity contribution is -0.116. The number of benzene rings is 1. The van der Waals surface area contributed by atoms with Gasteiger partial charge in [-0.05, 0) is 35.7 Å². The van der Waals surface area contributed by atoms with Crippen LogP contribution in [0.5, 0.6) is 0 Å². The number of halogens is 2. The number of methoxy groups -OCH3 is 1. The first kappa shape index (κ1) is 16.7. The van der Waals surface area contributed by atoms with E-state index in [2.05, 4.69) is 21.2 Å². The standard InChI is InChI=1S/C16H12BrFN2O3S/c1-23-16(22)13-6-9-4-5-24-15(9)20(13)8-14(21)19-12-3-2-10(17)7-11(12)18/h2-7H,8H2,1H3,(H,19,21). The predicted octanol–water partition coefficient (Wildman–Crippen LogP) is 4.03. The number of fused-ring (bicyclic) bond motifs is 1. The minimum absolute atomic E-state index is 0.0809. The highest BCUT2D eigenvalue weighted by Crippen LogP contribution is 2.26. The minimum atomic E-state index is -0.542. The molecule has 0 spiro atoms. The summed E-state index contributed by atoms with van der Waals surface area (Å²) in [7, 11) is 1.28. The van der Waals surface area contributed by atoms with Crippen LogP contribution in [0.25, 0.3) is 10.2 Å². The highest BCUT2D eigenvalue weighted by Gasteiger charge is 2.19. The molecule has 1 N–H and O–H groups in total. The summed E-state index contributed by atoms with van der Waals surface area (Å²) in [5.74, 6) is -1.51. The molecule has 0 aliphatic heterocycles. The molecular formula is C16H12BrFN2O3S. The third-order valence-corrected chi connectivity index (χ3v) is 4.85. The van der Waals surface area contributed by atoms with E-state index in [1.807, 2.05) is 11.4 Å². The van der Waals surface area contributed by atoms with E-state index < -0.39 is 17.7 Å². The lowest BCUT2D eigenvalue weighted by Crippen LogP contribution is -2.22. The maximum Gasteiger partial charge on any atom is 0.354 e. The van der Waals surface area contributed by atoms with Crippen molar-refractivity contribution in [3.63, 3.8) is 0 Å². The number of carbonyl (C=O) groups is 2. The van der Waals surface area contributed by atoms with Gasteiger partial charge in [0.15, 0.2) is 0 Å². The van der Waals surface area contributed by atoms with Crippen LogP contribution < -0.4 is 5.32 Å². The van der Waals surface area contributed by atoms with Crippen molar-refractivity contribution in [2.45, 2.75) is 6.54 Å². The van der Waals surface area contributed by atoms with Crippen LogP contribution in [0.2, 0.25) is 0 Å². The molecule has 124 valence electrons. The molecule has 3 aromatic rings. The summed E-state index contributed by atoms with van der Waals surface area (Å²) in [5, 5.41) is 5.23. The van der Waals surface area contributed by atoms with Gasteiger partial charge in [0.1, 0.15) is 22.9 Å². The number of nitrogens with one attached hydrogen (secondary N) is 1. The Morgan fingerprint density at radius 3 is 2.83 bits per heavy atom. The largest absolute Gasteiger partial charge is 0.464 e. The number of anilines is 1. The van der Waals surface area contributed by atoms with Gasteiger partial charge in [0.2, 0.25) is 5.91 Å². The van der Waals surface area contributed by atoms with Crippen LogP contribution in [-0.4, -0.2) is 23.6 Å². The fourth-order valence-electron chi connectivity index (χ4n) is 2.33. The topological polar surface area (TPSA) is 60.3 Å². The molecule has 0 unspecified atom stereocenters. The van der Waals surface area contributed by atoms with Gasteiger partial charge in [-0.25, -0.2) is 9.18 Å². The number of thiophene rings is 1. The van der Waals surface area contributed by atoms with E-state index in [9.17, 15) is 14.0 Å². The van der Waals surface area contributed by atoms with E-state index in [0.29, 0.717) is 4.47 Å². The monoisotopic (exact) mass is 410 g/mol. The van der Waals surface area contributed by atoms with Crippen LogP contribution in [0, 0.1) is 5.82 Å². The van der Waals surface area contributed by atoms with Crippen LogP contribution in [0.3, 0.4) is 0 Å². The lowest BCUT2D eigenvalue weighted by Gasteiger charge is -2.10. The number of rotatable bonds is 4. The second-order valence-electron chi connectivity index (χ2n) is 4.96. The minimum Gasteiger partial charge on any atom is -0.464 e. The second kappa shape index (κ2) is 6.74. The van der Waals surface area contributed by atoms with E-state index >= 15 is 0 Å². The van der Waals surface area contributed by atoms with Crippen LogP contribution in [0.15, 0.2) is 40.2 Å². The van der Waals surface area contributed by atoms with Gasteiger partial charge in [-0.3, -0.25) is 4.79 Å². The van der Waals surface area contributed by atoms with Crippen LogP contribution >= 0.6 is 27.3 Å². The Labute approximate surface area is 149 Å². The molecule has 0 bridgehead atoms. The Morgan fingerprint density at radius 2 is 2.12 bits per heavy atom. The lowest BCUT2D eigenvalue weighted by atomic mass is 10.3. The molecule has 1 amide bonds. The zero-order valence-corrected chi connectivity index (χ0v) is 14.9. The molecule has 0 fully saturated rings. The highest BCUT2D eigenvalue weighted by atomic mass is 79.9. The van der Waals surface area contributed by atoms with Gasteiger partial charge in [-0.15, -0.1) is 11.3 Å². The number of aromatic nitrogens is 1. The SMILES string of the molecule is COC(=O)c1cc2ccsc2n1CC(=O)Nc1ccc(Br)cc1F. The molecule has 3 rings (SSSR count). The molecule has 0 saturated carbocycles. The van der Waals surface area contributed by atoms with Crippen molar-refractivity contribution >= 4 is 55.0 Å². The molecule has 0 atom stereocenters. The molecule has 2 heterocycles. The summed E-state index contributed by atoms with van der Waals surface area (Å²) in [6, 6.07) is 7.89. The third-order valence-electron chi connectivity index (χ3n) is 3.40. The molecule has 2 aromatic heterocycles. The second-order valence-corrected chi connectivity index (χ2v) is 6.77. The number of hydrogen-bond donors (Lipinski definition) is 1. The fourth-order valence-corrected chi connectivity index (χ4v) is 3.56. The van der Waals surface area contributed by atoms with Crippen molar-refractivity contribution < 1.29 is 18.7 Å². The summed E-state index contributed by atoms with van der Waals surface area (Å²) in [6.45, 7) is -0.121. The Bertz CT molecular complexity index is 935. The summed E-state index contributed by atoms with van der Waals surface area (Å²) >= 11 is 4.57. The van der Waals surface area contributed by atoms with E-state index in [4.69, 9.17) is 4.74 Å². The maximum atomic E-state index is 13.8. The number of amides is 1. The van der Waals surface area contributed by atoms with Crippen LogP contribution in [0.1, 0.15) is 10.5 Å². The summed E-state index contributed by atoms with van der Waals surface area (Å²) < 4.78 is 20.7. The van der Waals surface area contributed by atoms with Gasteiger partial charge in [-0.2, -0.15) is 0 Å². The summed E-state index contributed by atoms with van der Waals surface area (Å²) in [4.78, 5) is 25.0. The number of carbonyl (C=O) groups excluding carboxylic acids is 2. The Kier molecular flexibility index (Phi) is 4.68. The molecule has 0 aliphatic carbocycles. The predicted molar refractivity (Wildman–Crippen MR) is 93.9 cm³/mol. The van der Waals surface area contributed by atoms with E-state index in [1.165, 1.54) is 30.6 Å². The van der Waals surface area contributed by atoms with Crippen molar-refractivity contribution in [3.8, 4) is 0 Å².